The average Bonchev–Trinajstić information content (AvgIpc) is 2.39. The van der Waals surface area contributed by atoms with Crippen LogP contribution in [0.2, 0.25) is 10.0 Å². The Morgan fingerprint density at radius 1 is 1.00 bits per heavy atom. The van der Waals surface area contributed by atoms with E-state index in [1.165, 1.54) is 12.1 Å². The zero-order valence-electron chi connectivity index (χ0n) is 10.3. The van der Waals surface area contributed by atoms with E-state index in [0.717, 1.165) is 6.07 Å². The van der Waals surface area contributed by atoms with Gasteiger partial charge in [0.2, 0.25) is 0 Å². The van der Waals surface area contributed by atoms with Crippen LogP contribution in [-0.2, 0) is 17.6 Å². The monoisotopic (exact) mass is 314 g/mol. The molecule has 0 fully saturated rings. The zero-order valence-corrected chi connectivity index (χ0v) is 11.8. The van der Waals surface area contributed by atoms with Crippen molar-refractivity contribution in [1.29, 1.82) is 0 Å². The molecule has 0 aliphatic rings. The molecule has 0 aliphatic heterocycles. The summed E-state index contributed by atoms with van der Waals surface area (Å²) in [5.74, 6) is -2.16. The molecule has 0 saturated carbocycles. The molecule has 2 aromatic rings. The van der Waals surface area contributed by atoms with Gasteiger partial charge in [-0.25, -0.2) is 8.78 Å². The molecule has 1 nitrogen and oxygen atoms in total. The first kappa shape index (κ1) is 14.9. The van der Waals surface area contributed by atoms with E-state index in [0.29, 0.717) is 15.6 Å². The van der Waals surface area contributed by atoms with E-state index in [1.54, 1.807) is 18.2 Å². The van der Waals surface area contributed by atoms with Crippen molar-refractivity contribution >= 4 is 29.0 Å². The van der Waals surface area contributed by atoms with E-state index in [9.17, 15) is 13.6 Å². The van der Waals surface area contributed by atoms with Gasteiger partial charge in [-0.05, 0) is 29.3 Å². The van der Waals surface area contributed by atoms with Crippen LogP contribution in [0.3, 0.4) is 0 Å². The highest BCUT2D eigenvalue weighted by Gasteiger charge is 2.12. The Bertz CT molecular complexity index is 656. The van der Waals surface area contributed by atoms with E-state index in [2.05, 4.69) is 0 Å². The smallest absolute Gasteiger partial charge is 0.162 e. The Morgan fingerprint density at radius 2 is 1.75 bits per heavy atom. The van der Waals surface area contributed by atoms with E-state index in [4.69, 9.17) is 23.2 Å². The van der Waals surface area contributed by atoms with Crippen molar-refractivity contribution in [3.05, 3.63) is 69.2 Å². The summed E-state index contributed by atoms with van der Waals surface area (Å²) in [4.78, 5) is 11.9. The number of halogens is 4. The molecule has 0 spiro atoms. The Labute approximate surface area is 125 Å². The molecule has 0 aromatic heterocycles. The predicted molar refractivity (Wildman–Crippen MR) is 75.2 cm³/mol. The van der Waals surface area contributed by atoms with Gasteiger partial charge in [0, 0.05) is 12.8 Å². The summed E-state index contributed by atoms with van der Waals surface area (Å²) in [5, 5.41) is 0.757. The summed E-state index contributed by atoms with van der Waals surface area (Å²) in [6.45, 7) is 0. The lowest BCUT2D eigenvalue weighted by Crippen LogP contribution is -2.08. The van der Waals surface area contributed by atoms with Gasteiger partial charge in [-0.1, -0.05) is 41.4 Å². The van der Waals surface area contributed by atoms with Crippen molar-refractivity contribution in [3.8, 4) is 0 Å². The molecule has 0 radical (unpaired) electrons. The third-order valence-corrected chi connectivity index (χ3v) is 3.54. The minimum absolute atomic E-state index is 0.0510. The molecule has 0 N–H and O–H groups in total. The van der Waals surface area contributed by atoms with Crippen LogP contribution in [0.1, 0.15) is 11.1 Å². The minimum atomic E-state index is -0.977. The molecule has 0 amide bonds. The van der Waals surface area contributed by atoms with E-state index < -0.39 is 11.6 Å². The molecule has 20 heavy (non-hydrogen) atoms. The van der Waals surface area contributed by atoms with Crippen molar-refractivity contribution in [3.63, 3.8) is 0 Å². The number of hydrogen-bond donors (Lipinski definition) is 0. The summed E-state index contributed by atoms with van der Waals surface area (Å²) < 4.78 is 26.5. The fourth-order valence-electron chi connectivity index (χ4n) is 1.84. The van der Waals surface area contributed by atoms with Gasteiger partial charge in [-0.3, -0.25) is 4.79 Å². The van der Waals surface area contributed by atoms with E-state index in [1.807, 2.05) is 0 Å². The van der Waals surface area contributed by atoms with Gasteiger partial charge in [0.1, 0.15) is 5.78 Å². The van der Waals surface area contributed by atoms with Gasteiger partial charge in [0.15, 0.2) is 11.6 Å². The van der Waals surface area contributed by atoms with Crippen LogP contribution in [-0.4, -0.2) is 5.78 Å². The van der Waals surface area contributed by atoms with Gasteiger partial charge in [0.05, 0.1) is 10.0 Å². The summed E-state index contributed by atoms with van der Waals surface area (Å²) in [5.41, 5.74) is 0.733. The van der Waals surface area contributed by atoms with Crippen LogP contribution < -0.4 is 0 Å². The fraction of sp³-hybridized carbons (Fsp3) is 0.133. The van der Waals surface area contributed by atoms with Gasteiger partial charge in [-0.15, -0.1) is 0 Å². The molecule has 104 valence electrons. The molecule has 2 aromatic carbocycles. The molecular weight excluding hydrogens is 305 g/mol. The lowest BCUT2D eigenvalue weighted by Gasteiger charge is -2.05. The number of benzene rings is 2. The van der Waals surface area contributed by atoms with Gasteiger partial charge in [-0.2, -0.15) is 0 Å². The third kappa shape index (κ3) is 3.56. The Kier molecular flexibility index (Phi) is 4.73. The van der Waals surface area contributed by atoms with Crippen LogP contribution in [0.5, 0.6) is 0 Å². The number of ketones is 1. The van der Waals surface area contributed by atoms with Crippen LogP contribution in [0, 0.1) is 11.6 Å². The van der Waals surface area contributed by atoms with Crippen LogP contribution in [0.4, 0.5) is 8.78 Å². The number of carbonyl (C=O) groups is 1. The van der Waals surface area contributed by atoms with Crippen molar-refractivity contribution in [2.75, 3.05) is 0 Å². The quantitative estimate of drug-likeness (QED) is 0.804. The predicted octanol–water partition coefficient (Wildman–Crippen LogP) is 4.63. The fourth-order valence-corrected chi connectivity index (χ4v) is 2.16. The van der Waals surface area contributed by atoms with Crippen molar-refractivity contribution in [2.45, 2.75) is 12.8 Å². The van der Waals surface area contributed by atoms with Crippen LogP contribution >= 0.6 is 23.2 Å². The highest BCUT2D eigenvalue weighted by molar-refractivity contribution is 6.42. The molecule has 5 heteroatoms. The Balaban J connectivity index is 2.09. The van der Waals surface area contributed by atoms with Gasteiger partial charge in [0.25, 0.3) is 0 Å². The highest BCUT2D eigenvalue weighted by Crippen LogP contribution is 2.23. The number of Topliss-reactive ketones (excluding diaryl/α,β-unsaturated/α-hetero) is 1. The van der Waals surface area contributed by atoms with Gasteiger partial charge >= 0.3 is 0 Å². The maximum atomic E-state index is 13.5. The SMILES string of the molecule is O=C(Cc1ccc(Cl)c(Cl)c1)Cc1cccc(F)c1F. The van der Waals surface area contributed by atoms with Gasteiger partial charge < -0.3 is 0 Å². The maximum Gasteiger partial charge on any atom is 0.162 e. The van der Waals surface area contributed by atoms with Crippen molar-refractivity contribution in [2.24, 2.45) is 0 Å². The van der Waals surface area contributed by atoms with E-state index >= 15 is 0 Å². The molecule has 0 aliphatic carbocycles. The third-order valence-electron chi connectivity index (χ3n) is 2.80. The lowest BCUT2D eigenvalue weighted by molar-refractivity contribution is -0.117. The molecule has 2 rings (SSSR count). The lowest BCUT2D eigenvalue weighted by atomic mass is 10.0. The summed E-state index contributed by atoms with van der Waals surface area (Å²) in [6, 6.07) is 8.64. The molecule has 0 bridgehead atoms. The minimum Gasteiger partial charge on any atom is -0.299 e. The molecule has 0 heterocycles. The topological polar surface area (TPSA) is 17.1 Å². The highest BCUT2D eigenvalue weighted by atomic mass is 35.5. The Morgan fingerprint density at radius 3 is 2.45 bits per heavy atom. The molecule has 0 atom stereocenters. The average molecular weight is 315 g/mol. The Hall–Kier alpha value is -1.45. The number of carbonyl (C=O) groups excluding carboxylic acids is 1. The first-order valence-corrected chi connectivity index (χ1v) is 6.61. The van der Waals surface area contributed by atoms with Crippen LogP contribution in [0.25, 0.3) is 0 Å². The number of rotatable bonds is 4. The van der Waals surface area contributed by atoms with Crippen LogP contribution in [0.15, 0.2) is 36.4 Å². The second kappa shape index (κ2) is 6.33. The molecule has 0 saturated heterocycles. The van der Waals surface area contributed by atoms with Crippen molar-refractivity contribution in [1.82, 2.24) is 0 Å². The first-order chi connectivity index (χ1) is 9.47. The van der Waals surface area contributed by atoms with Crippen molar-refractivity contribution < 1.29 is 13.6 Å². The largest absolute Gasteiger partial charge is 0.299 e. The van der Waals surface area contributed by atoms with E-state index in [-0.39, 0.29) is 24.2 Å². The number of hydrogen-bond acceptors (Lipinski definition) is 1. The zero-order chi connectivity index (χ0) is 14.7. The summed E-state index contributed by atoms with van der Waals surface area (Å²) in [6.07, 6.45) is -0.0727. The standard InChI is InChI=1S/C15H10Cl2F2O/c16-12-5-4-9(7-13(12)17)6-11(20)8-10-2-1-3-14(18)15(10)19/h1-5,7H,6,8H2. The first-order valence-electron chi connectivity index (χ1n) is 5.86. The normalized spacial score (nSPS) is 10.6. The summed E-state index contributed by atoms with van der Waals surface area (Å²) in [7, 11) is 0. The molecular formula is C15H10Cl2F2O. The molecule has 0 unspecified atom stereocenters. The summed E-state index contributed by atoms with van der Waals surface area (Å²) >= 11 is 11.6. The second-order valence-corrected chi connectivity index (χ2v) is 5.17. The second-order valence-electron chi connectivity index (χ2n) is 4.35. The maximum absolute atomic E-state index is 13.5.